The van der Waals surface area contributed by atoms with Crippen LogP contribution in [0.1, 0.15) is 24.3 Å². The van der Waals surface area contributed by atoms with Crippen molar-refractivity contribution in [3.8, 4) is 5.75 Å². The van der Waals surface area contributed by atoms with Gasteiger partial charge in [0.05, 0.1) is 0 Å². The number of ether oxygens (including phenoxy) is 1. The molecule has 0 bridgehead atoms. The zero-order valence-corrected chi connectivity index (χ0v) is 12.9. The number of nitrogens with two attached hydrogens (primary N) is 1. The number of rotatable bonds is 5. The molecule has 0 fully saturated rings. The van der Waals surface area contributed by atoms with Crippen LogP contribution in [0.25, 0.3) is 0 Å². The first kappa shape index (κ1) is 14.5. The maximum Gasteiger partial charge on any atom is 0.148 e. The molecule has 102 valence electrons. The van der Waals surface area contributed by atoms with Crippen LogP contribution in [0.15, 0.2) is 40.2 Å². The third-order valence-corrected chi connectivity index (χ3v) is 4.54. The van der Waals surface area contributed by atoms with Crippen LogP contribution >= 0.6 is 27.3 Å². The highest BCUT2D eigenvalue weighted by Gasteiger charge is 2.22. The topological polar surface area (TPSA) is 35.2 Å². The molecule has 0 aliphatic heterocycles. The highest BCUT2D eigenvalue weighted by atomic mass is 79.9. The molecule has 5 heteroatoms. The fourth-order valence-corrected chi connectivity index (χ4v) is 3.28. The third kappa shape index (κ3) is 3.78. The molecule has 0 saturated heterocycles. The highest BCUT2D eigenvalue weighted by molar-refractivity contribution is 9.10. The van der Waals surface area contributed by atoms with E-state index in [2.05, 4.69) is 15.9 Å². The Labute approximate surface area is 124 Å². The zero-order valence-electron chi connectivity index (χ0n) is 10.5. The molecular formula is C14H15BrFNOS. The van der Waals surface area contributed by atoms with Crippen molar-refractivity contribution in [2.75, 3.05) is 0 Å². The maximum atomic E-state index is 13.2. The summed E-state index contributed by atoms with van der Waals surface area (Å²) in [5.74, 6) is 0.187. The molecule has 2 atom stereocenters. The Balaban J connectivity index is 2.24. The number of thiophene rings is 1. The minimum absolute atomic E-state index is 0.131. The fraction of sp³-hybridized carbons (Fsp3) is 0.286. The predicted octanol–water partition coefficient (Wildman–Crippen LogP) is 4.51. The Morgan fingerprint density at radius 1 is 1.42 bits per heavy atom. The van der Waals surface area contributed by atoms with E-state index in [1.165, 1.54) is 12.1 Å². The van der Waals surface area contributed by atoms with Crippen molar-refractivity contribution in [1.29, 1.82) is 0 Å². The number of hydrogen-bond acceptors (Lipinski definition) is 3. The van der Waals surface area contributed by atoms with Gasteiger partial charge in [0.15, 0.2) is 0 Å². The van der Waals surface area contributed by atoms with Crippen LogP contribution < -0.4 is 10.5 Å². The molecule has 1 heterocycles. The van der Waals surface area contributed by atoms with Crippen molar-refractivity contribution in [2.24, 2.45) is 5.73 Å². The lowest BCUT2D eigenvalue weighted by atomic mass is 10.1. The summed E-state index contributed by atoms with van der Waals surface area (Å²) in [6.45, 7) is 2.01. The Hall–Kier alpha value is -0.910. The van der Waals surface area contributed by atoms with Crippen LogP contribution in [0.5, 0.6) is 5.75 Å². The van der Waals surface area contributed by atoms with Crippen LogP contribution in [-0.4, -0.2) is 6.04 Å². The van der Waals surface area contributed by atoms with Crippen LogP contribution in [0, 0.1) is 5.82 Å². The summed E-state index contributed by atoms with van der Waals surface area (Å²) < 4.78 is 20.1. The summed E-state index contributed by atoms with van der Waals surface area (Å²) in [5, 5.41) is 1.99. The van der Waals surface area contributed by atoms with Crippen molar-refractivity contribution in [3.05, 3.63) is 50.9 Å². The molecule has 0 radical (unpaired) electrons. The van der Waals surface area contributed by atoms with E-state index in [1.54, 1.807) is 23.5 Å². The van der Waals surface area contributed by atoms with E-state index in [0.717, 1.165) is 15.8 Å². The Morgan fingerprint density at radius 3 is 2.79 bits per heavy atom. The second-order valence-corrected chi connectivity index (χ2v) is 6.09. The number of hydrogen-bond donors (Lipinski definition) is 1. The monoisotopic (exact) mass is 343 g/mol. The van der Waals surface area contributed by atoms with Crippen LogP contribution in [0.2, 0.25) is 0 Å². The van der Waals surface area contributed by atoms with Gasteiger partial charge in [-0.05, 0) is 40.5 Å². The quantitative estimate of drug-likeness (QED) is 0.866. The molecule has 0 amide bonds. The first-order valence-corrected chi connectivity index (χ1v) is 7.69. The average Bonchev–Trinajstić information content (AvgIpc) is 2.81. The van der Waals surface area contributed by atoms with Gasteiger partial charge < -0.3 is 10.5 Å². The molecule has 2 N–H and O–H groups in total. The minimum atomic E-state index is -0.311. The van der Waals surface area contributed by atoms with Crippen molar-refractivity contribution in [3.63, 3.8) is 0 Å². The van der Waals surface area contributed by atoms with Gasteiger partial charge in [-0.2, -0.15) is 0 Å². The van der Waals surface area contributed by atoms with E-state index in [9.17, 15) is 4.39 Å². The summed E-state index contributed by atoms with van der Waals surface area (Å²) >= 11 is 5.00. The lowest BCUT2D eigenvalue weighted by Crippen LogP contribution is -2.30. The summed E-state index contributed by atoms with van der Waals surface area (Å²) in [6.07, 6.45) is 0.526. The first-order chi connectivity index (χ1) is 9.10. The summed E-state index contributed by atoms with van der Waals surface area (Å²) in [7, 11) is 0. The van der Waals surface area contributed by atoms with Gasteiger partial charge in [0.25, 0.3) is 0 Å². The normalized spacial score (nSPS) is 14.1. The highest BCUT2D eigenvalue weighted by Crippen LogP contribution is 2.32. The largest absolute Gasteiger partial charge is 0.483 e. The van der Waals surface area contributed by atoms with E-state index < -0.39 is 0 Å². The minimum Gasteiger partial charge on any atom is -0.483 e. The van der Waals surface area contributed by atoms with E-state index in [1.807, 2.05) is 18.4 Å². The van der Waals surface area contributed by atoms with E-state index in [0.29, 0.717) is 5.75 Å². The second kappa shape index (κ2) is 6.50. The first-order valence-electron chi connectivity index (χ1n) is 6.02. The van der Waals surface area contributed by atoms with Gasteiger partial charge in [-0.25, -0.2) is 4.39 Å². The maximum absolute atomic E-state index is 13.2. The molecule has 2 unspecified atom stereocenters. The Kier molecular flexibility index (Phi) is 4.96. The average molecular weight is 344 g/mol. The van der Waals surface area contributed by atoms with E-state index in [4.69, 9.17) is 10.5 Å². The Morgan fingerprint density at radius 2 is 2.21 bits per heavy atom. The van der Waals surface area contributed by atoms with Crippen molar-refractivity contribution in [1.82, 2.24) is 0 Å². The number of benzene rings is 1. The molecular weight excluding hydrogens is 329 g/mol. The van der Waals surface area contributed by atoms with Gasteiger partial charge in [-0.1, -0.05) is 13.0 Å². The molecule has 0 aliphatic carbocycles. The van der Waals surface area contributed by atoms with E-state index in [-0.39, 0.29) is 18.0 Å². The van der Waals surface area contributed by atoms with Gasteiger partial charge in [-0.3, -0.25) is 0 Å². The van der Waals surface area contributed by atoms with Crippen molar-refractivity contribution < 1.29 is 9.13 Å². The molecule has 0 saturated carbocycles. The van der Waals surface area contributed by atoms with Gasteiger partial charge in [0, 0.05) is 26.8 Å². The Bertz CT molecular complexity index is 546. The van der Waals surface area contributed by atoms with Crippen molar-refractivity contribution in [2.45, 2.75) is 25.5 Å². The van der Waals surface area contributed by atoms with Crippen LogP contribution in [0.4, 0.5) is 4.39 Å². The molecule has 2 aromatic rings. The predicted molar refractivity (Wildman–Crippen MR) is 80.1 cm³/mol. The summed E-state index contributed by atoms with van der Waals surface area (Å²) in [4.78, 5) is 1.03. The summed E-state index contributed by atoms with van der Waals surface area (Å²) in [6, 6.07) is 7.99. The lowest BCUT2D eigenvalue weighted by molar-refractivity contribution is 0.174. The number of halogens is 2. The van der Waals surface area contributed by atoms with Gasteiger partial charge in [0.2, 0.25) is 0 Å². The molecule has 2 nitrogen and oxygen atoms in total. The van der Waals surface area contributed by atoms with Crippen LogP contribution in [0.3, 0.4) is 0 Å². The molecule has 0 spiro atoms. The fourth-order valence-electron chi connectivity index (χ4n) is 1.73. The molecule has 1 aromatic carbocycles. The molecule has 0 aliphatic rings. The van der Waals surface area contributed by atoms with Gasteiger partial charge >= 0.3 is 0 Å². The molecule has 1 aromatic heterocycles. The second-order valence-electron chi connectivity index (χ2n) is 4.24. The van der Waals surface area contributed by atoms with Gasteiger partial charge in [0.1, 0.15) is 17.7 Å². The lowest BCUT2D eigenvalue weighted by Gasteiger charge is -2.23. The third-order valence-electron chi connectivity index (χ3n) is 2.79. The molecule has 19 heavy (non-hydrogen) atoms. The standard InChI is InChI=1S/C14H15BrFNOS/c1-2-12(17)14(13-6-9(15)8-19-13)18-11-5-3-4-10(16)7-11/h3-8,12,14H,2,17H2,1H3. The smallest absolute Gasteiger partial charge is 0.148 e. The molecule has 2 rings (SSSR count). The SMILES string of the molecule is CCC(N)C(Oc1cccc(F)c1)c1cc(Br)cs1. The van der Waals surface area contributed by atoms with E-state index >= 15 is 0 Å². The van der Waals surface area contributed by atoms with Crippen molar-refractivity contribution >= 4 is 27.3 Å². The van der Waals surface area contributed by atoms with Crippen LogP contribution in [-0.2, 0) is 0 Å². The summed E-state index contributed by atoms with van der Waals surface area (Å²) in [5.41, 5.74) is 6.12. The van der Waals surface area contributed by atoms with Gasteiger partial charge in [-0.15, -0.1) is 11.3 Å². The zero-order chi connectivity index (χ0) is 13.8.